The van der Waals surface area contributed by atoms with Crippen LogP contribution in [-0.4, -0.2) is 19.0 Å². The first kappa shape index (κ1) is 15.6. The van der Waals surface area contributed by atoms with Crippen molar-refractivity contribution in [2.45, 2.75) is 13.5 Å². The van der Waals surface area contributed by atoms with Gasteiger partial charge in [-0.05, 0) is 36.8 Å². The van der Waals surface area contributed by atoms with Gasteiger partial charge in [0.2, 0.25) is 0 Å². The SMILES string of the molecule is COC(=O)c1ccc(CNC(=O)c2cc(C)ccc2N)cc1. The average molecular weight is 298 g/mol. The molecule has 0 aliphatic carbocycles. The molecule has 0 aliphatic heterocycles. The molecule has 3 N–H and O–H groups in total. The zero-order valence-corrected chi connectivity index (χ0v) is 12.6. The van der Waals surface area contributed by atoms with Crippen LogP contribution in [0.2, 0.25) is 0 Å². The van der Waals surface area contributed by atoms with Gasteiger partial charge >= 0.3 is 5.97 Å². The first-order valence-electron chi connectivity index (χ1n) is 6.83. The highest BCUT2D eigenvalue weighted by atomic mass is 16.5. The second kappa shape index (κ2) is 6.76. The monoisotopic (exact) mass is 298 g/mol. The minimum atomic E-state index is -0.386. The molecule has 2 rings (SSSR count). The number of carbonyl (C=O) groups is 2. The van der Waals surface area contributed by atoms with Crippen molar-refractivity contribution in [3.63, 3.8) is 0 Å². The van der Waals surface area contributed by atoms with Crippen molar-refractivity contribution in [3.8, 4) is 0 Å². The van der Waals surface area contributed by atoms with Gasteiger partial charge in [0, 0.05) is 12.2 Å². The molecule has 1 amide bonds. The summed E-state index contributed by atoms with van der Waals surface area (Å²) >= 11 is 0. The van der Waals surface area contributed by atoms with Crippen molar-refractivity contribution in [2.24, 2.45) is 0 Å². The standard InChI is InChI=1S/C17H18N2O3/c1-11-3-8-15(18)14(9-11)16(20)19-10-12-4-6-13(7-5-12)17(21)22-2/h3-9H,10,18H2,1-2H3,(H,19,20). The van der Waals surface area contributed by atoms with Gasteiger partial charge in [0.1, 0.15) is 0 Å². The smallest absolute Gasteiger partial charge is 0.337 e. The lowest BCUT2D eigenvalue weighted by Gasteiger charge is -2.09. The van der Waals surface area contributed by atoms with E-state index in [1.807, 2.05) is 13.0 Å². The van der Waals surface area contributed by atoms with E-state index in [0.717, 1.165) is 11.1 Å². The maximum absolute atomic E-state index is 12.1. The fraction of sp³-hybridized carbons (Fsp3) is 0.176. The molecule has 0 saturated heterocycles. The third kappa shape index (κ3) is 3.63. The maximum atomic E-state index is 12.1. The molecule has 5 nitrogen and oxygen atoms in total. The molecule has 2 aromatic carbocycles. The Morgan fingerprint density at radius 1 is 1.14 bits per heavy atom. The Morgan fingerprint density at radius 2 is 1.82 bits per heavy atom. The Balaban J connectivity index is 2.02. The second-order valence-electron chi connectivity index (χ2n) is 4.96. The number of anilines is 1. The van der Waals surface area contributed by atoms with Gasteiger partial charge < -0.3 is 15.8 Å². The molecule has 0 saturated carbocycles. The minimum Gasteiger partial charge on any atom is -0.465 e. The van der Waals surface area contributed by atoms with E-state index in [9.17, 15) is 9.59 Å². The second-order valence-corrected chi connectivity index (χ2v) is 4.96. The molecule has 0 bridgehead atoms. The van der Waals surface area contributed by atoms with Gasteiger partial charge in [-0.25, -0.2) is 4.79 Å². The lowest BCUT2D eigenvalue weighted by Crippen LogP contribution is -2.24. The number of hydrogen-bond donors (Lipinski definition) is 2. The summed E-state index contributed by atoms with van der Waals surface area (Å²) in [6.07, 6.45) is 0. The number of esters is 1. The number of ether oxygens (including phenoxy) is 1. The molecule has 0 fully saturated rings. The van der Waals surface area contributed by atoms with Gasteiger partial charge in [-0.1, -0.05) is 23.8 Å². The molecule has 2 aromatic rings. The Hall–Kier alpha value is -2.82. The molecule has 22 heavy (non-hydrogen) atoms. The summed E-state index contributed by atoms with van der Waals surface area (Å²) in [6.45, 7) is 2.26. The zero-order chi connectivity index (χ0) is 16.1. The van der Waals surface area contributed by atoms with Crippen LogP contribution in [0.3, 0.4) is 0 Å². The number of rotatable bonds is 4. The van der Waals surface area contributed by atoms with Crippen molar-refractivity contribution >= 4 is 17.6 Å². The number of aryl methyl sites for hydroxylation is 1. The molecule has 0 aromatic heterocycles. The van der Waals surface area contributed by atoms with E-state index in [1.165, 1.54) is 7.11 Å². The van der Waals surface area contributed by atoms with Crippen LogP contribution in [-0.2, 0) is 11.3 Å². The van der Waals surface area contributed by atoms with E-state index in [0.29, 0.717) is 23.4 Å². The maximum Gasteiger partial charge on any atom is 0.337 e. The van der Waals surface area contributed by atoms with Gasteiger partial charge in [0.15, 0.2) is 0 Å². The van der Waals surface area contributed by atoms with Gasteiger partial charge in [-0.2, -0.15) is 0 Å². The third-order valence-corrected chi connectivity index (χ3v) is 3.28. The van der Waals surface area contributed by atoms with Crippen LogP contribution in [0.15, 0.2) is 42.5 Å². The molecule has 0 atom stereocenters. The molecular formula is C17H18N2O3. The molecule has 0 aliphatic rings. The van der Waals surface area contributed by atoms with E-state index in [1.54, 1.807) is 36.4 Å². The molecular weight excluding hydrogens is 280 g/mol. The van der Waals surface area contributed by atoms with Gasteiger partial charge in [-0.15, -0.1) is 0 Å². The highest BCUT2D eigenvalue weighted by Crippen LogP contribution is 2.14. The normalized spacial score (nSPS) is 10.1. The van der Waals surface area contributed by atoms with E-state index < -0.39 is 0 Å². The van der Waals surface area contributed by atoms with E-state index in [-0.39, 0.29) is 11.9 Å². The van der Waals surface area contributed by atoms with Crippen molar-refractivity contribution < 1.29 is 14.3 Å². The third-order valence-electron chi connectivity index (χ3n) is 3.28. The summed E-state index contributed by atoms with van der Waals surface area (Å²) in [6, 6.07) is 12.2. The van der Waals surface area contributed by atoms with Crippen LogP contribution >= 0.6 is 0 Å². The van der Waals surface area contributed by atoms with Crippen LogP contribution < -0.4 is 11.1 Å². The van der Waals surface area contributed by atoms with E-state index in [2.05, 4.69) is 10.1 Å². The largest absolute Gasteiger partial charge is 0.465 e. The molecule has 0 unspecified atom stereocenters. The Morgan fingerprint density at radius 3 is 2.45 bits per heavy atom. The topological polar surface area (TPSA) is 81.4 Å². The summed E-state index contributed by atoms with van der Waals surface area (Å²) in [5.41, 5.74) is 9.06. The average Bonchev–Trinajstić information content (AvgIpc) is 2.54. The van der Waals surface area contributed by atoms with Crippen molar-refractivity contribution in [1.29, 1.82) is 0 Å². The fourth-order valence-electron chi connectivity index (χ4n) is 2.02. The molecule has 0 radical (unpaired) electrons. The lowest BCUT2D eigenvalue weighted by atomic mass is 10.1. The molecule has 114 valence electrons. The number of methoxy groups -OCH3 is 1. The number of carbonyl (C=O) groups excluding carboxylic acids is 2. The minimum absolute atomic E-state index is 0.224. The van der Waals surface area contributed by atoms with Crippen LogP contribution in [0.1, 0.15) is 31.8 Å². The summed E-state index contributed by atoms with van der Waals surface area (Å²) in [4.78, 5) is 23.5. The highest BCUT2D eigenvalue weighted by Gasteiger charge is 2.10. The van der Waals surface area contributed by atoms with Crippen LogP contribution in [0.5, 0.6) is 0 Å². The quantitative estimate of drug-likeness (QED) is 0.670. The number of nitrogens with two attached hydrogens (primary N) is 1. The molecule has 0 heterocycles. The van der Waals surface area contributed by atoms with Crippen molar-refractivity contribution in [1.82, 2.24) is 5.32 Å². The summed E-state index contributed by atoms with van der Waals surface area (Å²) in [7, 11) is 1.34. The van der Waals surface area contributed by atoms with Crippen LogP contribution in [0.4, 0.5) is 5.69 Å². The zero-order valence-electron chi connectivity index (χ0n) is 12.6. The fourth-order valence-corrected chi connectivity index (χ4v) is 2.02. The first-order chi connectivity index (χ1) is 10.5. The Kier molecular flexibility index (Phi) is 4.78. The highest BCUT2D eigenvalue weighted by molar-refractivity contribution is 5.99. The summed E-state index contributed by atoms with van der Waals surface area (Å²) in [5.74, 6) is -0.610. The summed E-state index contributed by atoms with van der Waals surface area (Å²) in [5, 5.41) is 2.81. The van der Waals surface area contributed by atoms with Crippen LogP contribution in [0, 0.1) is 6.92 Å². The van der Waals surface area contributed by atoms with E-state index >= 15 is 0 Å². The predicted molar refractivity (Wildman–Crippen MR) is 84.5 cm³/mol. The number of amides is 1. The lowest BCUT2D eigenvalue weighted by molar-refractivity contribution is 0.0600. The van der Waals surface area contributed by atoms with E-state index in [4.69, 9.17) is 5.73 Å². The molecule has 0 spiro atoms. The number of hydrogen-bond acceptors (Lipinski definition) is 4. The Bertz CT molecular complexity index is 694. The predicted octanol–water partition coefficient (Wildman–Crippen LogP) is 2.29. The van der Waals surface area contributed by atoms with Gasteiger partial charge in [-0.3, -0.25) is 4.79 Å². The number of nitrogens with one attached hydrogen (secondary N) is 1. The number of benzene rings is 2. The molecule has 5 heteroatoms. The van der Waals surface area contributed by atoms with Gasteiger partial charge in [0.05, 0.1) is 18.2 Å². The summed E-state index contributed by atoms with van der Waals surface area (Å²) < 4.78 is 4.63. The van der Waals surface area contributed by atoms with Crippen molar-refractivity contribution in [3.05, 3.63) is 64.7 Å². The first-order valence-corrected chi connectivity index (χ1v) is 6.83. The van der Waals surface area contributed by atoms with Crippen molar-refractivity contribution in [2.75, 3.05) is 12.8 Å². The van der Waals surface area contributed by atoms with Gasteiger partial charge in [0.25, 0.3) is 5.91 Å². The number of nitrogen functional groups attached to an aromatic ring is 1. The Labute approximate surface area is 129 Å². The van der Waals surface area contributed by atoms with Crippen LogP contribution in [0.25, 0.3) is 0 Å².